The number of carbonyl (C=O) groups excluding carboxylic acids is 1. The van der Waals surface area contributed by atoms with Crippen LogP contribution in [0.25, 0.3) is 11.4 Å². The lowest BCUT2D eigenvalue weighted by Crippen LogP contribution is -2.23. The second kappa shape index (κ2) is 7.61. The van der Waals surface area contributed by atoms with E-state index in [1.807, 2.05) is 32.2 Å². The van der Waals surface area contributed by atoms with Gasteiger partial charge in [-0.05, 0) is 32.9 Å². The van der Waals surface area contributed by atoms with E-state index in [0.717, 1.165) is 11.4 Å². The summed E-state index contributed by atoms with van der Waals surface area (Å²) >= 11 is 1.38. The molecule has 1 N–H and O–H groups in total. The van der Waals surface area contributed by atoms with E-state index >= 15 is 0 Å². The largest absolute Gasteiger partial charge is 0.339 e. The molecule has 8 nitrogen and oxygen atoms in total. The maximum absolute atomic E-state index is 12.5. The quantitative estimate of drug-likeness (QED) is 0.712. The fourth-order valence-electron chi connectivity index (χ4n) is 2.51. The highest BCUT2D eigenvalue weighted by Gasteiger charge is 2.15. The van der Waals surface area contributed by atoms with Crippen LogP contribution in [-0.4, -0.2) is 25.6 Å². The molecule has 0 aliphatic rings. The zero-order valence-corrected chi connectivity index (χ0v) is 15.6. The van der Waals surface area contributed by atoms with Gasteiger partial charge in [-0.25, -0.2) is 4.98 Å². The molecule has 136 valence electrons. The molecule has 0 unspecified atom stereocenters. The highest BCUT2D eigenvalue weighted by Crippen LogP contribution is 2.16. The molecule has 9 heteroatoms. The van der Waals surface area contributed by atoms with Gasteiger partial charge in [0, 0.05) is 30.5 Å². The second-order valence-corrected chi connectivity index (χ2v) is 6.65. The summed E-state index contributed by atoms with van der Waals surface area (Å²) in [7, 11) is 0. The Morgan fingerprint density at radius 2 is 2.12 bits per heavy atom. The molecule has 3 rings (SSSR count). The minimum Gasteiger partial charge on any atom is -0.339 e. The molecule has 0 aliphatic carbocycles. The second-order valence-electron chi connectivity index (χ2n) is 5.79. The molecule has 0 bridgehead atoms. The molecule has 0 atom stereocenters. The third kappa shape index (κ3) is 3.88. The first kappa shape index (κ1) is 18.0. The summed E-state index contributed by atoms with van der Waals surface area (Å²) in [6, 6.07) is 3.54. The predicted molar refractivity (Wildman–Crippen MR) is 98.2 cm³/mol. The first-order chi connectivity index (χ1) is 12.5. The van der Waals surface area contributed by atoms with Gasteiger partial charge in [-0.1, -0.05) is 5.16 Å². The van der Waals surface area contributed by atoms with Gasteiger partial charge >= 0.3 is 0 Å². The molecule has 3 aromatic rings. The first-order valence-electron chi connectivity index (χ1n) is 8.23. The molecular formula is C17H19N5O3S. The minimum atomic E-state index is -0.178. The SMILES string of the molecule is CCn1c(C)ccc(-c2noc(CCC(=O)Nc3nc(C)cs3)n2)c1=O. The van der Waals surface area contributed by atoms with Gasteiger partial charge in [-0.2, -0.15) is 4.98 Å². The third-order valence-electron chi connectivity index (χ3n) is 3.85. The van der Waals surface area contributed by atoms with Crippen molar-refractivity contribution in [3.63, 3.8) is 0 Å². The van der Waals surface area contributed by atoms with Gasteiger partial charge in [-0.3, -0.25) is 9.59 Å². The Kier molecular flexibility index (Phi) is 5.27. The maximum Gasteiger partial charge on any atom is 0.261 e. The number of nitrogens with zero attached hydrogens (tertiary/aromatic N) is 4. The Morgan fingerprint density at radius 3 is 2.81 bits per heavy atom. The number of amides is 1. The Bertz CT molecular complexity index is 988. The molecule has 0 saturated heterocycles. The lowest BCUT2D eigenvalue weighted by atomic mass is 10.2. The number of hydrogen-bond acceptors (Lipinski definition) is 7. The highest BCUT2D eigenvalue weighted by atomic mass is 32.1. The van der Waals surface area contributed by atoms with E-state index in [4.69, 9.17) is 4.52 Å². The smallest absolute Gasteiger partial charge is 0.261 e. The van der Waals surface area contributed by atoms with E-state index in [-0.39, 0.29) is 30.1 Å². The van der Waals surface area contributed by atoms with Crippen LogP contribution in [-0.2, 0) is 17.8 Å². The van der Waals surface area contributed by atoms with Crippen LogP contribution in [0.3, 0.4) is 0 Å². The summed E-state index contributed by atoms with van der Waals surface area (Å²) in [5, 5.41) is 9.04. The third-order valence-corrected chi connectivity index (χ3v) is 4.72. The van der Waals surface area contributed by atoms with Gasteiger partial charge in [0.05, 0.1) is 11.3 Å². The van der Waals surface area contributed by atoms with Crippen molar-refractivity contribution in [1.29, 1.82) is 0 Å². The average Bonchev–Trinajstić information content (AvgIpc) is 3.23. The fraction of sp³-hybridized carbons (Fsp3) is 0.353. The van der Waals surface area contributed by atoms with Crippen LogP contribution in [0.5, 0.6) is 0 Å². The monoisotopic (exact) mass is 373 g/mol. The molecule has 0 fully saturated rings. The van der Waals surface area contributed by atoms with E-state index in [1.165, 1.54) is 11.3 Å². The number of aryl methyl sites for hydroxylation is 3. The van der Waals surface area contributed by atoms with Crippen molar-refractivity contribution in [3.8, 4) is 11.4 Å². The van der Waals surface area contributed by atoms with Gasteiger partial charge in [-0.15, -0.1) is 11.3 Å². The number of thiazole rings is 1. The van der Waals surface area contributed by atoms with Crippen molar-refractivity contribution < 1.29 is 9.32 Å². The predicted octanol–water partition coefficient (Wildman–Crippen LogP) is 2.56. The van der Waals surface area contributed by atoms with E-state index in [9.17, 15) is 9.59 Å². The lowest BCUT2D eigenvalue weighted by Gasteiger charge is -2.07. The average molecular weight is 373 g/mol. The van der Waals surface area contributed by atoms with Crippen LogP contribution in [0.4, 0.5) is 5.13 Å². The van der Waals surface area contributed by atoms with Crippen molar-refractivity contribution in [2.45, 2.75) is 40.2 Å². The number of hydrogen-bond donors (Lipinski definition) is 1. The summed E-state index contributed by atoms with van der Waals surface area (Å²) in [5.41, 5.74) is 1.97. The van der Waals surface area contributed by atoms with Gasteiger partial charge in [0.2, 0.25) is 17.6 Å². The molecule has 3 heterocycles. The molecule has 0 saturated carbocycles. The lowest BCUT2D eigenvalue weighted by molar-refractivity contribution is -0.116. The summed E-state index contributed by atoms with van der Waals surface area (Å²) in [6.45, 7) is 6.21. The molecule has 0 spiro atoms. The number of pyridine rings is 1. The summed E-state index contributed by atoms with van der Waals surface area (Å²) in [6.07, 6.45) is 0.477. The van der Waals surface area contributed by atoms with E-state index < -0.39 is 0 Å². The molecule has 26 heavy (non-hydrogen) atoms. The van der Waals surface area contributed by atoms with Gasteiger partial charge in [0.1, 0.15) is 0 Å². The van der Waals surface area contributed by atoms with Crippen LogP contribution in [0.1, 0.15) is 30.6 Å². The zero-order valence-electron chi connectivity index (χ0n) is 14.8. The number of nitrogens with one attached hydrogen (secondary N) is 1. The Hall–Kier alpha value is -2.81. The van der Waals surface area contributed by atoms with E-state index in [2.05, 4.69) is 20.4 Å². The number of carbonyl (C=O) groups is 1. The van der Waals surface area contributed by atoms with Crippen molar-refractivity contribution in [1.82, 2.24) is 19.7 Å². The number of anilines is 1. The molecule has 1 amide bonds. The minimum absolute atomic E-state index is 0.156. The van der Waals surface area contributed by atoms with Crippen LogP contribution < -0.4 is 10.9 Å². The molecular weight excluding hydrogens is 354 g/mol. The fourth-order valence-corrected chi connectivity index (χ4v) is 3.22. The first-order valence-corrected chi connectivity index (χ1v) is 9.11. The maximum atomic E-state index is 12.5. The summed E-state index contributed by atoms with van der Waals surface area (Å²) in [5.74, 6) is 0.374. The number of rotatable bonds is 6. The van der Waals surface area contributed by atoms with E-state index in [0.29, 0.717) is 23.1 Å². The van der Waals surface area contributed by atoms with Gasteiger partial charge < -0.3 is 14.4 Å². The normalized spacial score (nSPS) is 10.9. The van der Waals surface area contributed by atoms with Gasteiger partial charge in [0.25, 0.3) is 5.56 Å². The van der Waals surface area contributed by atoms with Crippen molar-refractivity contribution in [2.75, 3.05) is 5.32 Å². The highest BCUT2D eigenvalue weighted by molar-refractivity contribution is 7.13. The van der Waals surface area contributed by atoms with Crippen LogP contribution in [0.15, 0.2) is 26.8 Å². The molecule has 3 aromatic heterocycles. The Morgan fingerprint density at radius 1 is 1.31 bits per heavy atom. The van der Waals surface area contributed by atoms with E-state index in [1.54, 1.807) is 10.6 Å². The van der Waals surface area contributed by atoms with Crippen molar-refractivity contribution in [3.05, 3.63) is 45.1 Å². The van der Waals surface area contributed by atoms with Crippen molar-refractivity contribution >= 4 is 22.4 Å². The van der Waals surface area contributed by atoms with Gasteiger partial charge in [0.15, 0.2) is 5.13 Å². The Labute approximate surface area is 153 Å². The topological polar surface area (TPSA) is 103 Å². The standard InChI is InChI=1S/C17H19N5O3S/c1-4-22-11(3)5-6-12(16(22)24)15-20-14(25-21-15)8-7-13(23)19-17-18-10(2)9-26-17/h5-6,9H,4,7-8H2,1-3H3,(H,18,19,23). The number of aromatic nitrogens is 4. The van der Waals surface area contributed by atoms with Crippen LogP contribution in [0.2, 0.25) is 0 Å². The van der Waals surface area contributed by atoms with Crippen molar-refractivity contribution in [2.24, 2.45) is 0 Å². The zero-order chi connectivity index (χ0) is 18.7. The molecule has 0 radical (unpaired) electrons. The molecule has 0 aliphatic heterocycles. The molecule has 0 aromatic carbocycles. The summed E-state index contributed by atoms with van der Waals surface area (Å²) < 4.78 is 6.83. The Balaban J connectivity index is 1.67. The van der Waals surface area contributed by atoms with Crippen LogP contribution >= 0.6 is 11.3 Å². The summed E-state index contributed by atoms with van der Waals surface area (Å²) in [4.78, 5) is 32.9. The van der Waals surface area contributed by atoms with Crippen LogP contribution in [0, 0.1) is 13.8 Å².